The number of likely N-dealkylation sites (N-methyl/N-ethyl adjacent to an activating group) is 1. The topological polar surface area (TPSA) is 24.0 Å². The minimum Gasteiger partial charge on any atom is -0.330 e. The van der Waals surface area contributed by atoms with Crippen LogP contribution in [0.2, 0.25) is 0 Å². The Kier molecular flexibility index (Phi) is 3.12. The summed E-state index contributed by atoms with van der Waals surface area (Å²) in [6.07, 6.45) is 0. The van der Waals surface area contributed by atoms with E-state index in [0.717, 1.165) is 23.4 Å². The number of hydrogen-bond donors (Lipinski definition) is 1. The number of hydrogen-bond acceptors (Lipinski definition) is 2. The molecule has 1 heterocycles. The summed E-state index contributed by atoms with van der Waals surface area (Å²) < 4.78 is 2.98. The maximum atomic E-state index is 5.35. The Bertz CT molecular complexity index is 551. The maximum absolute atomic E-state index is 5.35. The summed E-state index contributed by atoms with van der Waals surface area (Å²) in [7, 11) is 4.15. The van der Waals surface area contributed by atoms with Crippen LogP contribution < -0.4 is 0 Å². The molecule has 0 amide bonds. The van der Waals surface area contributed by atoms with Gasteiger partial charge < -0.3 is 14.5 Å². The first-order chi connectivity index (χ1) is 7.59. The molecule has 0 fully saturated rings. The molecule has 16 heavy (non-hydrogen) atoms. The van der Waals surface area contributed by atoms with Crippen molar-refractivity contribution in [2.45, 2.75) is 13.5 Å². The van der Waals surface area contributed by atoms with Crippen LogP contribution in [0.15, 0.2) is 18.2 Å². The van der Waals surface area contributed by atoms with Gasteiger partial charge in [-0.05, 0) is 44.9 Å². The standard InChI is InChI=1S/C12H17N3S/c1-9-5-4-6-10-11(9)13-12(16)15(10)8-7-14(2)3/h4-6H,7-8H2,1-3H3,(H,13,16). The van der Waals surface area contributed by atoms with Gasteiger partial charge in [-0.25, -0.2) is 0 Å². The van der Waals surface area contributed by atoms with Crippen LogP contribution in [-0.4, -0.2) is 35.1 Å². The fourth-order valence-corrected chi connectivity index (χ4v) is 2.14. The second kappa shape index (κ2) is 4.39. The predicted molar refractivity (Wildman–Crippen MR) is 70.4 cm³/mol. The van der Waals surface area contributed by atoms with Gasteiger partial charge in [0.15, 0.2) is 4.77 Å². The lowest BCUT2D eigenvalue weighted by molar-refractivity contribution is 0.385. The summed E-state index contributed by atoms with van der Waals surface area (Å²) in [6.45, 7) is 4.02. The molecule has 4 heteroatoms. The summed E-state index contributed by atoms with van der Waals surface area (Å²) >= 11 is 5.35. The number of benzene rings is 1. The van der Waals surface area contributed by atoms with E-state index in [1.54, 1.807) is 0 Å². The van der Waals surface area contributed by atoms with Gasteiger partial charge in [0.2, 0.25) is 0 Å². The highest BCUT2D eigenvalue weighted by atomic mass is 32.1. The number of para-hydroxylation sites is 1. The zero-order valence-corrected chi connectivity index (χ0v) is 10.8. The monoisotopic (exact) mass is 235 g/mol. The summed E-state index contributed by atoms with van der Waals surface area (Å²) in [6, 6.07) is 6.29. The molecule has 2 rings (SSSR count). The molecule has 0 saturated carbocycles. The number of aromatic nitrogens is 2. The Morgan fingerprint density at radius 3 is 2.81 bits per heavy atom. The van der Waals surface area contributed by atoms with Crippen LogP contribution >= 0.6 is 12.2 Å². The fourth-order valence-electron chi connectivity index (χ4n) is 1.85. The Hall–Kier alpha value is -1.13. The van der Waals surface area contributed by atoms with E-state index in [1.165, 1.54) is 11.1 Å². The van der Waals surface area contributed by atoms with Gasteiger partial charge in [0.05, 0.1) is 11.0 Å². The normalized spacial score (nSPS) is 11.5. The molecule has 2 aromatic rings. The van der Waals surface area contributed by atoms with Crippen molar-refractivity contribution >= 4 is 23.3 Å². The van der Waals surface area contributed by atoms with Crippen LogP contribution in [0.1, 0.15) is 5.56 Å². The molecular weight excluding hydrogens is 218 g/mol. The zero-order valence-electron chi connectivity index (χ0n) is 9.95. The quantitative estimate of drug-likeness (QED) is 0.827. The van der Waals surface area contributed by atoms with Crippen molar-refractivity contribution in [2.75, 3.05) is 20.6 Å². The van der Waals surface area contributed by atoms with E-state index in [0.29, 0.717) is 0 Å². The minimum absolute atomic E-state index is 0.811. The summed E-state index contributed by atoms with van der Waals surface area (Å²) in [5.74, 6) is 0. The van der Waals surface area contributed by atoms with Gasteiger partial charge in [-0.1, -0.05) is 12.1 Å². The van der Waals surface area contributed by atoms with E-state index < -0.39 is 0 Å². The first kappa shape index (κ1) is 11.4. The van der Waals surface area contributed by atoms with Gasteiger partial charge in [-0.2, -0.15) is 0 Å². The maximum Gasteiger partial charge on any atom is 0.178 e. The Morgan fingerprint density at radius 1 is 1.38 bits per heavy atom. The van der Waals surface area contributed by atoms with Gasteiger partial charge >= 0.3 is 0 Å². The summed E-state index contributed by atoms with van der Waals surface area (Å²) in [5.41, 5.74) is 3.60. The van der Waals surface area contributed by atoms with Gasteiger partial charge in [0, 0.05) is 13.1 Å². The average molecular weight is 235 g/mol. The average Bonchev–Trinajstić information content (AvgIpc) is 2.53. The zero-order chi connectivity index (χ0) is 11.7. The van der Waals surface area contributed by atoms with Crippen molar-refractivity contribution in [3.63, 3.8) is 0 Å². The third-order valence-corrected chi connectivity index (χ3v) is 3.11. The number of imidazole rings is 1. The first-order valence-electron chi connectivity index (χ1n) is 5.42. The molecule has 0 saturated heterocycles. The van der Waals surface area contributed by atoms with E-state index in [9.17, 15) is 0 Å². The Balaban J connectivity index is 2.48. The summed E-state index contributed by atoms with van der Waals surface area (Å²) in [4.78, 5) is 5.44. The van der Waals surface area contributed by atoms with Crippen LogP contribution in [0.5, 0.6) is 0 Å². The second-order valence-electron chi connectivity index (χ2n) is 4.35. The fraction of sp³-hybridized carbons (Fsp3) is 0.417. The molecule has 0 radical (unpaired) electrons. The van der Waals surface area contributed by atoms with E-state index >= 15 is 0 Å². The van der Waals surface area contributed by atoms with Crippen LogP contribution in [0.4, 0.5) is 0 Å². The molecule has 0 bridgehead atoms. The van der Waals surface area contributed by atoms with Gasteiger partial charge in [0.1, 0.15) is 0 Å². The van der Waals surface area contributed by atoms with Crippen molar-refractivity contribution in [3.8, 4) is 0 Å². The minimum atomic E-state index is 0.811. The van der Waals surface area contributed by atoms with Crippen LogP contribution in [0.3, 0.4) is 0 Å². The molecule has 0 spiro atoms. The molecule has 0 aliphatic heterocycles. The number of aryl methyl sites for hydroxylation is 1. The molecule has 1 aromatic heterocycles. The van der Waals surface area contributed by atoms with Crippen LogP contribution in [-0.2, 0) is 6.54 Å². The number of H-pyrrole nitrogens is 1. The number of aromatic amines is 1. The van der Waals surface area contributed by atoms with Crippen molar-refractivity contribution < 1.29 is 0 Å². The molecule has 3 nitrogen and oxygen atoms in total. The smallest absolute Gasteiger partial charge is 0.178 e. The van der Waals surface area contributed by atoms with Crippen LogP contribution in [0.25, 0.3) is 11.0 Å². The number of nitrogens with one attached hydrogen (secondary N) is 1. The molecule has 0 aliphatic carbocycles. The number of nitrogens with zero attached hydrogens (tertiary/aromatic N) is 2. The number of rotatable bonds is 3. The highest BCUT2D eigenvalue weighted by molar-refractivity contribution is 7.71. The molecule has 1 N–H and O–H groups in total. The SMILES string of the molecule is Cc1cccc2c1[nH]c(=S)n2CCN(C)C. The van der Waals surface area contributed by atoms with E-state index in [-0.39, 0.29) is 0 Å². The van der Waals surface area contributed by atoms with Gasteiger partial charge in [0.25, 0.3) is 0 Å². The molecule has 1 aromatic carbocycles. The Labute approximate surface area is 101 Å². The molecule has 86 valence electrons. The summed E-state index contributed by atoms with van der Waals surface area (Å²) in [5, 5.41) is 0. The molecule has 0 aliphatic rings. The molecular formula is C12H17N3S. The molecule has 0 unspecified atom stereocenters. The number of fused-ring (bicyclic) bond motifs is 1. The van der Waals surface area contributed by atoms with Crippen molar-refractivity contribution in [1.82, 2.24) is 14.5 Å². The third kappa shape index (κ3) is 2.03. The van der Waals surface area contributed by atoms with Crippen molar-refractivity contribution in [3.05, 3.63) is 28.5 Å². The van der Waals surface area contributed by atoms with E-state index in [1.807, 2.05) is 0 Å². The van der Waals surface area contributed by atoms with Gasteiger partial charge in [-0.15, -0.1) is 0 Å². The first-order valence-corrected chi connectivity index (χ1v) is 5.83. The van der Waals surface area contributed by atoms with Crippen molar-refractivity contribution in [1.29, 1.82) is 0 Å². The van der Waals surface area contributed by atoms with Crippen molar-refractivity contribution in [2.24, 2.45) is 0 Å². The second-order valence-corrected chi connectivity index (χ2v) is 4.74. The highest BCUT2D eigenvalue weighted by Crippen LogP contribution is 2.17. The van der Waals surface area contributed by atoms with E-state index in [2.05, 4.69) is 53.7 Å². The predicted octanol–water partition coefficient (Wildman–Crippen LogP) is 2.57. The van der Waals surface area contributed by atoms with E-state index in [4.69, 9.17) is 12.2 Å². The lowest BCUT2D eigenvalue weighted by Gasteiger charge is -2.10. The third-order valence-electron chi connectivity index (χ3n) is 2.79. The Morgan fingerprint density at radius 2 is 2.12 bits per heavy atom. The lowest BCUT2D eigenvalue weighted by atomic mass is 10.2. The van der Waals surface area contributed by atoms with Crippen LogP contribution in [0, 0.1) is 11.7 Å². The van der Waals surface area contributed by atoms with Gasteiger partial charge in [-0.3, -0.25) is 0 Å². The largest absolute Gasteiger partial charge is 0.330 e. The highest BCUT2D eigenvalue weighted by Gasteiger charge is 2.05. The lowest BCUT2D eigenvalue weighted by Crippen LogP contribution is -2.18. The molecule has 0 atom stereocenters.